The molecule has 2 aromatic carbocycles. The monoisotopic (exact) mass is 526 g/mol. The molecule has 2 atom stereocenters. The molecule has 2 aliphatic rings. The summed E-state index contributed by atoms with van der Waals surface area (Å²) in [6.07, 6.45) is 6.57. The molecule has 0 amide bonds. The standard InChI is InChI=1S/C29H35ClN2O3S/c1-17-13-23-27(36-28(31-23)32-12-11-18-7-5-6-8-19(18)16-32)26(22(17)15-25(33)34)21-10-9-20(30)14-24(21)35-29(2,3)4/h9-10,13-14,18-19H,5-8,11-12,15-16H2,1-4H3,(H,33,34). The summed E-state index contributed by atoms with van der Waals surface area (Å²) in [5.74, 6) is 1.42. The van der Waals surface area contributed by atoms with E-state index in [0.717, 1.165) is 62.5 Å². The van der Waals surface area contributed by atoms with Crippen molar-refractivity contribution in [1.82, 2.24) is 4.98 Å². The van der Waals surface area contributed by atoms with Crippen molar-refractivity contribution in [2.45, 2.75) is 71.8 Å². The van der Waals surface area contributed by atoms with Crippen LogP contribution in [-0.2, 0) is 11.2 Å². The summed E-state index contributed by atoms with van der Waals surface area (Å²) < 4.78 is 7.35. The van der Waals surface area contributed by atoms with Crippen molar-refractivity contribution in [2.75, 3.05) is 18.0 Å². The highest BCUT2D eigenvalue weighted by Crippen LogP contribution is 2.46. The van der Waals surface area contributed by atoms with E-state index in [2.05, 4.69) is 4.90 Å². The predicted molar refractivity (Wildman–Crippen MR) is 149 cm³/mol. The molecule has 1 aromatic heterocycles. The number of carbonyl (C=O) groups is 1. The van der Waals surface area contributed by atoms with Gasteiger partial charge >= 0.3 is 5.97 Å². The summed E-state index contributed by atoms with van der Waals surface area (Å²) in [5.41, 5.74) is 3.98. The van der Waals surface area contributed by atoms with E-state index in [1.54, 1.807) is 11.3 Å². The number of carboxylic acids is 1. The summed E-state index contributed by atoms with van der Waals surface area (Å²) in [4.78, 5) is 19.5. The van der Waals surface area contributed by atoms with Crippen LogP contribution < -0.4 is 9.64 Å². The van der Waals surface area contributed by atoms with Crippen LogP contribution in [0.1, 0.15) is 64.0 Å². The van der Waals surface area contributed by atoms with Gasteiger partial charge in [-0.25, -0.2) is 4.98 Å². The average Bonchev–Trinajstić information content (AvgIpc) is 3.22. The van der Waals surface area contributed by atoms with E-state index in [1.165, 1.54) is 32.1 Å². The smallest absolute Gasteiger partial charge is 0.307 e. The van der Waals surface area contributed by atoms with E-state index in [9.17, 15) is 9.90 Å². The molecule has 192 valence electrons. The van der Waals surface area contributed by atoms with E-state index in [1.807, 2.05) is 52.0 Å². The average molecular weight is 527 g/mol. The van der Waals surface area contributed by atoms with E-state index >= 15 is 0 Å². The molecule has 5 nitrogen and oxygen atoms in total. The van der Waals surface area contributed by atoms with Crippen LogP contribution in [0.3, 0.4) is 0 Å². The first-order valence-corrected chi connectivity index (χ1v) is 14.2. The zero-order chi connectivity index (χ0) is 25.6. The zero-order valence-electron chi connectivity index (χ0n) is 21.6. The van der Waals surface area contributed by atoms with Crippen LogP contribution in [0.4, 0.5) is 5.13 Å². The molecule has 1 aliphatic heterocycles. The molecule has 2 heterocycles. The van der Waals surface area contributed by atoms with Crippen molar-refractivity contribution in [3.63, 3.8) is 0 Å². The number of piperidine rings is 1. The maximum Gasteiger partial charge on any atom is 0.307 e. The van der Waals surface area contributed by atoms with Gasteiger partial charge in [-0.05, 0) is 87.8 Å². The molecule has 2 unspecified atom stereocenters. The van der Waals surface area contributed by atoms with E-state index < -0.39 is 11.6 Å². The highest BCUT2D eigenvalue weighted by Gasteiger charge is 2.33. The first-order valence-electron chi connectivity index (χ1n) is 13.0. The van der Waals surface area contributed by atoms with Crippen molar-refractivity contribution in [2.24, 2.45) is 11.8 Å². The molecule has 36 heavy (non-hydrogen) atoms. The van der Waals surface area contributed by atoms with E-state index in [-0.39, 0.29) is 6.42 Å². The number of fused-ring (bicyclic) bond motifs is 2. The fraction of sp³-hybridized carbons (Fsp3) is 0.517. The number of anilines is 1. The Bertz CT molecular complexity index is 1300. The largest absolute Gasteiger partial charge is 0.487 e. The third kappa shape index (κ3) is 5.21. The first kappa shape index (κ1) is 25.3. The molecule has 2 fully saturated rings. The number of hydrogen-bond donors (Lipinski definition) is 1. The number of aryl methyl sites for hydroxylation is 1. The quantitative estimate of drug-likeness (QED) is 0.368. The lowest BCUT2D eigenvalue weighted by molar-refractivity contribution is -0.136. The molecular weight excluding hydrogens is 492 g/mol. The Hall–Kier alpha value is -2.31. The predicted octanol–water partition coefficient (Wildman–Crippen LogP) is 7.75. The minimum Gasteiger partial charge on any atom is -0.487 e. The van der Waals surface area contributed by atoms with Crippen LogP contribution in [0.5, 0.6) is 5.75 Å². The van der Waals surface area contributed by atoms with Crippen molar-refractivity contribution in [3.8, 4) is 16.9 Å². The highest BCUT2D eigenvalue weighted by molar-refractivity contribution is 7.22. The SMILES string of the molecule is Cc1cc2nc(N3CCC4CCCCC4C3)sc2c(-c2ccc(Cl)cc2OC(C)(C)C)c1CC(=O)O. The van der Waals surface area contributed by atoms with Gasteiger partial charge in [0.25, 0.3) is 0 Å². The van der Waals surface area contributed by atoms with Gasteiger partial charge in [-0.2, -0.15) is 0 Å². The summed E-state index contributed by atoms with van der Waals surface area (Å²) in [5, 5.41) is 11.4. The van der Waals surface area contributed by atoms with Gasteiger partial charge < -0.3 is 14.7 Å². The van der Waals surface area contributed by atoms with Crippen LogP contribution in [0.25, 0.3) is 21.3 Å². The number of benzene rings is 2. The number of nitrogens with zero attached hydrogens (tertiary/aromatic N) is 2. The molecular formula is C29H35ClN2O3S. The molecule has 1 saturated heterocycles. The van der Waals surface area contributed by atoms with E-state index in [0.29, 0.717) is 10.8 Å². The number of aromatic nitrogens is 1. The van der Waals surface area contributed by atoms with Gasteiger partial charge in [0.1, 0.15) is 11.4 Å². The fourth-order valence-corrected chi connectivity index (χ4v) is 7.24. The van der Waals surface area contributed by atoms with Crippen molar-refractivity contribution in [1.29, 1.82) is 0 Å². The van der Waals surface area contributed by atoms with E-state index in [4.69, 9.17) is 21.3 Å². The van der Waals surface area contributed by atoms with Gasteiger partial charge in [0, 0.05) is 29.2 Å². The Labute approximate surface area is 222 Å². The lowest BCUT2D eigenvalue weighted by Crippen LogP contribution is -2.41. The minimum atomic E-state index is -0.852. The van der Waals surface area contributed by atoms with Crippen LogP contribution in [0, 0.1) is 18.8 Å². The molecule has 1 saturated carbocycles. The molecule has 1 N–H and O–H groups in total. The number of ether oxygens (including phenoxy) is 1. The van der Waals surface area contributed by atoms with Gasteiger partial charge in [0.05, 0.1) is 16.6 Å². The Morgan fingerprint density at radius 1 is 1.19 bits per heavy atom. The molecule has 7 heteroatoms. The second kappa shape index (κ2) is 9.86. The molecule has 0 bridgehead atoms. The minimum absolute atomic E-state index is 0.0601. The molecule has 0 spiro atoms. The molecule has 5 rings (SSSR count). The Morgan fingerprint density at radius 2 is 1.94 bits per heavy atom. The normalized spacial score (nSPS) is 20.4. The van der Waals surface area contributed by atoms with Crippen molar-refractivity contribution >= 4 is 44.3 Å². The van der Waals surface area contributed by atoms with Crippen LogP contribution >= 0.6 is 22.9 Å². The summed E-state index contributed by atoms with van der Waals surface area (Å²) in [6.45, 7) is 10.1. The van der Waals surface area contributed by atoms with Crippen LogP contribution in [0.2, 0.25) is 5.02 Å². The second-order valence-electron chi connectivity index (χ2n) is 11.4. The molecule has 1 aliphatic carbocycles. The maximum absolute atomic E-state index is 11.9. The van der Waals surface area contributed by atoms with Gasteiger partial charge in [0.15, 0.2) is 5.13 Å². The third-order valence-electron chi connectivity index (χ3n) is 7.52. The zero-order valence-corrected chi connectivity index (χ0v) is 23.1. The summed E-state index contributed by atoms with van der Waals surface area (Å²) in [7, 11) is 0. The fourth-order valence-electron chi connectivity index (χ4n) is 5.91. The lowest BCUT2D eigenvalue weighted by atomic mass is 9.75. The number of carboxylic acid groups (broad SMARTS) is 1. The van der Waals surface area contributed by atoms with Crippen LogP contribution in [-0.4, -0.2) is 34.8 Å². The van der Waals surface area contributed by atoms with Gasteiger partial charge in [0.2, 0.25) is 0 Å². The van der Waals surface area contributed by atoms with Gasteiger partial charge in [-0.3, -0.25) is 4.79 Å². The number of rotatable bonds is 5. The topological polar surface area (TPSA) is 62.7 Å². The first-order chi connectivity index (χ1) is 17.1. The Balaban J connectivity index is 1.65. The Morgan fingerprint density at radius 3 is 2.67 bits per heavy atom. The van der Waals surface area contributed by atoms with Gasteiger partial charge in [-0.1, -0.05) is 42.2 Å². The summed E-state index contributed by atoms with van der Waals surface area (Å²) >= 11 is 8.06. The van der Waals surface area contributed by atoms with Crippen LogP contribution in [0.15, 0.2) is 24.3 Å². The lowest BCUT2D eigenvalue weighted by Gasteiger charge is -2.41. The second-order valence-corrected chi connectivity index (χ2v) is 12.8. The molecule has 0 radical (unpaired) electrons. The number of halogens is 1. The number of aliphatic carboxylic acids is 1. The van der Waals surface area contributed by atoms with Crippen molar-refractivity contribution in [3.05, 3.63) is 40.4 Å². The maximum atomic E-state index is 11.9. The number of thiazole rings is 1. The van der Waals surface area contributed by atoms with Gasteiger partial charge in [-0.15, -0.1) is 0 Å². The van der Waals surface area contributed by atoms with Crippen molar-refractivity contribution < 1.29 is 14.6 Å². The Kier molecular flexibility index (Phi) is 6.94. The third-order valence-corrected chi connectivity index (χ3v) is 8.90. The highest BCUT2D eigenvalue weighted by atomic mass is 35.5. The number of hydrogen-bond acceptors (Lipinski definition) is 5. The summed E-state index contributed by atoms with van der Waals surface area (Å²) in [6, 6.07) is 7.68. The molecule has 3 aromatic rings.